The van der Waals surface area contributed by atoms with E-state index < -0.39 is 5.63 Å². The average Bonchev–Trinajstić information content (AvgIpc) is 2.71. The Hall–Kier alpha value is -2.49. The highest BCUT2D eigenvalue weighted by Gasteiger charge is 2.17. The summed E-state index contributed by atoms with van der Waals surface area (Å²) in [6, 6.07) is 10.7. The zero-order valence-electron chi connectivity index (χ0n) is 17.5. The molecule has 0 atom stereocenters. The van der Waals surface area contributed by atoms with Gasteiger partial charge in [-0.15, -0.1) is 0 Å². The van der Waals surface area contributed by atoms with E-state index in [0.29, 0.717) is 17.9 Å². The van der Waals surface area contributed by atoms with Crippen LogP contribution in [0.4, 0.5) is 0 Å². The Bertz CT molecular complexity index is 818. The van der Waals surface area contributed by atoms with Crippen LogP contribution in [0, 0.1) is 6.92 Å². The average molecular weight is 385 g/mol. The summed E-state index contributed by atoms with van der Waals surface area (Å²) in [4.78, 5) is 12.0. The molecular formula is C24H32O4. The molecule has 0 aliphatic heterocycles. The number of unbranched alkanes of at least 4 members (excludes halogenated alkanes) is 3. The predicted molar refractivity (Wildman–Crippen MR) is 114 cm³/mol. The number of hydrogen-bond acceptors (Lipinski definition) is 4. The van der Waals surface area contributed by atoms with Gasteiger partial charge in [-0.05, 0) is 45.1 Å². The minimum Gasteiger partial charge on any atom is -0.492 e. The highest BCUT2D eigenvalue weighted by molar-refractivity contribution is 5.45. The zero-order valence-corrected chi connectivity index (χ0v) is 17.5. The molecule has 28 heavy (non-hydrogen) atoms. The summed E-state index contributed by atoms with van der Waals surface area (Å²) in [7, 11) is 2.98. The number of aryl methyl sites for hydroxylation is 1. The molecule has 0 aliphatic carbocycles. The number of allylic oxidation sites excluding steroid dienone is 2. The summed E-state index contributed by atoms with van der Waals surface area (Å²) in [6.45, 7) is 4.02. The summed E-state index contributed by atoms with van der Waals surface area (Å²) in [5.74, 6) is 1.21. The van der Waals surface area contributed by atoms with Crippen molar-refractivity contribution in [1.82, 2.24) is 0 Å². The van der Waals surface area contributed by atoms with Gasteiger partial charge in [-0.3, -0.25) is 0 Å². The third-order valence-electron chi connectivity index (χ3n) is 5.04. The Kier molecular flexibility index (Phi) is 8.86. The summed E-state index contributed by atoms with van der Waals surface area (Å²) in [6.07, 6.45) is 9.88. The molecule has 2 rings (SSSR count). The molecule has 0 amide bonds. The third kappa shape index (κ3) is 6.29. The first kappa shape index (κ1) is 21.8. The molecule has 152 valence electrons. The molecule has 0 aliphatic rings. The first-order valence-corrected chi connectivity index (χ1v) is 10.0. The summed E-state index contributed by atoms with van der Waals surface area (Å²) in [5, 5.41) is 0. The van der Waals surface area contributed by atoms with Gasteiger partial charge in [0.15, 0.2) is 5.75 Å². The molecule has 0 radical (unpaired) electrons. The normalized spacial score (nSPS) is 11.5. The number of benzene rings is 1. The molecule has 2 aromatic rings. The summed E-state index contributed by atoms with van der Waals surface area (Å²) in [5.41, 5.74) is 3.05. The van der Waals surface area contributed by atoms with Gasteiger partial charge in [-0.2, -0.15) is 0 Å². The van der Waals surface area contributed by atoms with E-state index in [0.717, 1.165) is 18.4 Å². The number of methoxy groups -OCH3 is 2. The Balaban J connectivity index is 1.78. The molecule has 4 nitrogen and oxygen atoms in total. The molecule has 1 aromatic carbocycles. The largest absolute Gasteiger partial charge is 0.492 e. The van der Waals surface area contributed by atoms with Gasteiger partial charge in [0.2, 0.25) is 5.75 Å². The van der Waals surface area contributed by atoms with Crippen molar-refractivity contribution in [2.75, 3.05) is 14.2 Å². The molecule has 0 spiro atoms. The second-order valence-electron chi connectivity index (χ2n) is 7.16. The van der Waals surface area contributed by atoms with E-state index in [1.807, 2.05) is 6.92 Å². The van der Waals surface area contributed by atoms with Crippen LogP contribution in [0.25, 0.3) is 0 Å². The molecule has 0 N–H and O–H groups in total. The van der Waals surface area contributed by atoms with Crippen LogP contribution in [0.15, 0.2) is 51.2 Å². The van der Waals surface area contributed by atoms with Crippen molar-refractivity contribution in [3.8, 4) is 11.5 Å². The van der Waals surface area contributed by atoms with Crippen molar-refractivity contribution in [2.24, 2.45) is 0 Å². The first-order chi connectivity index (χ1) is 13.6. The highest BCUT2D eigenvalue weighted by atomic mass is 16.5. The minimum atomic E-state index is -0.496. The topological polar surface area (TPSA) is 48.7 Å². The lowest BCUT2D eigenvalue weighted by Gasteiger charge is -2.11. The first-order valence-electron chi connectivity index (χ1n) is 10.0. The molecule has 0 fully saturated rings. The fraction of sp³-hybridized carbons (Fsp3) is 0.458. The highest BCUT2D eigenvalue weighted by Crippen LogP contribution is 2.29. The SMILES string of the molecule is COc1c(C)c(CC=C(C)CCCCCCc2ccccc2)oc(=O)c1OC. The van der Waals surface area contributed by atoms with E-state index >= 15 is 0 Å². The monoisotopic (exact) mass is 384 g/mol. The molecule has 0 saturated heterocycles. The molecule has 0 bridgehead atoms. The van der Waals surface area contributed by atoms with Crippen molar-refractivity contribution in [3.63, 3.8) is 0 Å². The maximum Gasteiger partial charge on any atom is 0.382 e. The van der Waals surface area contributed by atoms with E-state index in [-0.39, 0.29) is 5.75 Å². The second kappa shape index (κ2) is 11.4. The van der Waals surface area contributed by atoms with Crippen molar-refractivity contribution >= 4 is 0 Å². The minimum absolute atomic E-state index is 0.125. The van der Waals surface area contributed by atoms with Gasteiger partial charge in [-0.25, -0.2) is 4.79 Å². The van der Waals surface area contributed by atoms with Crippen LogP contribution in [-0.2, 0) is 12.8 Å². The van der Waals surface area contributed by atoms with E-state index in [2.05, 4.69) is 43.3 Å². The van der Waals surface area contributed by atoms with E-state index in [4.69, 9.17) is 13.9 Å². The zero-order chi connectivity index (χ0) is 20.4. The maximum atomic E-state index is 12.0. The van der Waals surface area contributed by atoms with Crippen LogP contribution in [0.3, 0.4) is 0 Å². The van der Waals surface area contributed by atoms with Gasteiger partial charge in [0.05, 0.1) is 14.2 Å². The Morgan fingerprint density at radius 1 is 1.00 bits per heavy atom. The Labute approximate surface area is 168 Å². The second-order valence-corrected chi connectivity index (χ2v) is 7.16. The molecule has 0 saturated carbocycles. The van der Waals surface area contributed by atoms with Crippen molar-refractivity contribution in [3.05, 3.63) is 69.3 Å². The fourth-order valence-electron chi connectivity index (χ4n) is 3.34. The standard InChI is InChI=1S/C24H32O4/c1-18(12-8-5-6-9-13-20-14-10-7-11-15-20)16-17-21-19(2)22(26-3)23(27-4)24(25)28-21/h7,10-11,14-16H,5-6,8-9,12-13,17H2,1-4H3. The van der Waals surface area contributed by atoms with Crippen LogP contribution >= 0.6 is 0 Å². The lowest BCUT2D eigenvalue weighted by Crippen LogP contribution is -2.10. The van der Waals surface area contributed by atoms with Gasteiger partial charge in [0.1, 0.15) is 5.76 Å². The molecule has 0 unspecified atom stereocenters. The number of hydrogen-bond donors (Lipinski definition) is 0. The van der Waals surface area contributed by atoms with Crippen molar-refractivity contribution in [2.45, 2.75) is 58.8 Å². The lowest BCUT2D eigenvalue weighted by molar-refractivity contribution is 0.319. The van der Waals surface area contributed by atoms with E-state index in [1.54, 1.807) is 0 Å². The molecule has 1 aromatic heterocycles. The van der Waals surface area contributed by atoms with Gasteiger partial charge < -0.3 is 13.9 Å². The van der Waals surface area contributed by atoms with Crippen molar-refractivity contribution < 1.29 is 13.9 Å². The van der Waals surface area contributed by atoms with Gasteiger partial charge in [-0.1, -0.05) is 54.8 Å². The molecule has 4 heteroatoms. The quantitative estimate of drug-likeness (QED) is 0.371. The van der Waals surface area contributed by atoms with Crippen molar-refractivity contribution in [1.29, 1.82) is 0 Å². The number of ether oxygens (including phenoxy) is 2. The maximum absolute atomic E-state index is 12.0. The van der Waals surface area contributed by atoms with Crippen LogP contribution < -0.4 is 15.1 Å². The van der Waals surface area contributed by atoms with Gasteiger partial charge in [0.25, 0.3) is 0 Å². The van der Waals surface area contributed by atoms with Crippen LogP contribution in [0.1, 0.15) is 55.9 Å². The van der Waals surface area contributed by atoms with Gasteiger partial charge in [0, 0.05) is 12.0 Å². The third-order valence-corrected chi connectivity index (χ3v) is 5.04. The number of rotatable bonds is 11. The summed E-state index contributed by atoms with van der Waals surface area (Å²) >= 11 is 0. The lowest BCUT2D eigenvalue weighted by atomic mass is 10.0. The summed E-state index contributed by atoms with van der Waals surface area (Å²) < 4.78 is 15.8. The van der Waals surface area contributed by atoms with Gasteiger partial charge >= 0.3 is 5.63 Å². The van der Waals surface area contributed by atoms with Crippen LogP contribution in [0.2, 0.25) is 0 Å². The molecule has 1 heterocycles. The van der Waals surface area contributed by atoms with E-state index in [9.17, 15) is 4.79 Å². The van der Waals surface area contributed by atoms with Crippen LogP contribution in [0.5, 0.6) is 11.5 Å². The molecular weight excluding hydrogens is 352 g/mol. The Morgan fingerprint density at radius 3 is 2.36 bits per heavy atom. The fourth-order valence-corrected chi connectivity index (χ4v) is 3.34. The van der Waals surface area contributed by atoms with E-state index in [1.165, 1.54) is 51.0 Å². The predicted octanol–water partition coefficient (Wildman–Crippen LogP) is 5.65. The van der Waals surface area contributed by atoms with Crippen LogP contribution in [-0.4, -0.2) is 14.2 Å². The Morgan fingerprint density at radius 2 is 1.68 bits per heavy atom. The smallest absolute Gasteiger partial charge is 0.382 e.